The van der Waals surface area contributed by atoms with Gasteiger partial charge in [0, 0.05) is 43.9 Å². The van der Waals surface area contributed by atoms with Crippen LogP contribution in [0.1, 0.15) is 0 Å². The van der Waals surface area contributed by atoms with Crippen molar-refractivity contribution in [1.82, 2.24) is 24.6 Å². The number of hydrogen-bond donors (Lipinski definition) is 1. The molecular weight excluding hydrogens is 366 g/mol. The van der Waals surface area contributed by atoms with Crippen LogP contribution in [0, 0.1) is 0 Å². The molecule has 1 aliphatic rings. The molecule has 1 fully saturated rings. The summed E-state index contributed by atoms with van der Waals surface area (Å²) in [5.41, 5.74) is 1.54. The first kappa shape index (κ1) is 17.7. The standard InChI is InChI=1S/C18H20ClN7O/c1-24-17-15(10-22-24)18(21-12-20-17)26-7-5-25(6-8-26)11-16(27)23-14-4-2-3-13(19)9-14/h2-4,9-10,12H,5-8,11H2,1H3,(H,23,27). The van der Waals surface area contributed by atoms with E-state index >= 15 is 0 Å². The zero-order chi connectivity index (χ0) is 18.8. The first-order valence-electron chi connectivity index (χ1n) is 8.75. The predicted octanol–water partition coefficient (Wildman–Crippen LogP) is 1.78. The number of carbonyl (C=O) groups excluding carboxylic acids is 1. The number of piperazine rings is 1. The third-order valence-electron chi connectivity index (χ3n) is 4.66. The van der Waals surface area contributed by atoms with Gasteiger partial charge >= 0.3 is 0 Å². The molecule has 2 aromatic heterocycles. The monoisotopic (exact) mass is 385 g/mol. The lowest BCUT2D eigenvalue weighted by Gasteiger charge is -2.35. The molecule has 140 valence electrons. The van der Waals surface area contributed by atoms with Crippen molar-refractivity contribution < 1.29 is 4.79 Å². The second-order valence-corrected chi connectivity index (χ2v) is 6.96. The minimum Gasteiger partial charge on any atom is -0.353 e. The largest absolute Gasteiger partial charge is 0.353 e. The molecule has 27 heavy (non-hydrogen) atoms. The van der Waals surface area contributed by atoms with Crippen molar-refractivity contribution in [2.75, 3.05) is 42.9 Å². The first-order chi connectivity index (χ1) is 13.1. The normalized spacial score (nSPS) is 15.3. The summed E-state index contributed by atoms with van der Waals surface area (Å²) in [4.78, 5) is 25.4. The summed E-state index contributed by atoms with van der Waals surface area (Å²) in [6, 6.07) is 7.17. The van der Waals surface area contributed by atoms with E-state index in [0.29, 0.717) is 17.3 Å². The van der Waals surface area contributed by atoms with Crippen LogP contribution in [0.4, 0.5) is 11.5 Å². The van der Waals surface area contributed by atoms with Gasteiger partial charge < -0.3 is 10.2 Å². The van der Waals surface area contributed by atoms with Crippen molar-refractivity contribution in [2.24, 2.45) is 7.05 Å². The molecule has 0 radical (unpaired) electrons. The predicted molar refractivity (Wildman–Crippen MR) is 105 cm³/mol. The number of carbonyl (C=O) groups is 1. The minimum atomic E-state index is -0.0394. The summed E-state index contributed by atoms with van der Waals surface area (Å²) in [6.07, 6.45) is 3.37. The van der Waals surface area contributed by atoms with Gasteiger partial charge in [-0.2, -0.15) is 5.10 Å². The van der Waals surface area contributed by atoms with Gasteiger partial charge in [-0.3, -0.25) is 14.4 Å². The van der Waals surface area contributed by atoms with E-state index in [1.807, 2.05) is 19.2 Å². The Hall–Kier alpha value is -2.71. The highest BCUT2D eigenvalue weighted by atomic mass is 35.5. The van der Waals surface area contributed by atoms with Gasteiger partial charge in [-0.15, -0.1) is 0 Å². The Morgan fingerprint density at radius 3 is 2.81 bits per heavy atom. The highest BCUT2D eigenvalue weighted by Gasteiger charge is 2.22. The Kier molecular flexibility index (Phi) is 4.91. The summed E-state index contributed by atoms with van der Waals surface area (Å²) in [6.45, 7) is 3.52. The summed E-state index contributed by atoms with van der Waals surface area (Å²) in [7, 11) is 1.87. The Bertz CT molecular complexity index is 965. The van der Waals surface area contributed by atoms with Gasteiger partial charge in [0.1, 0.15) is 12.1 Å². The fourth-order valence-electron chi connectivity index (χ4n) is 3.29. The zero-order valence-corrected chi connectivity index (χ0v) is 15.7. The summed E-state index contributed by atoms with van der Waals surface area (Å²) in [5.74, 6) is 0.860. The van der Waals surface area contributed by atoms with Crippen LogP contribution in [0.5, 0.6) is 0 Å². The van der Waals surface area contributed by atoms with Crippen molar-refractivity contribution in [3.8, 4) is 0 Å². The number of anilines is 2. The number of fused-ring (bicyclic) bond motifs is 1. The molecule has 0 saturated carbocycles. The fourth-order valence-corrected chi connectivity index (χ4v) is 3.48. The lowest BCUT2D eigenvalue weighted by molar-refractivity contribution is -0.117. The second-order valence-electron chi connectivity index (χ2n) is 6.52. The van der Waals surface area contributed by atoms with E-state index < -0.39 is 0 Å². The molecule has 1 amide bonds. The summed E-state index contributed by atoms with van der Waals surface area (Å²) >= 11 is 5.95. The number of hydrogen-bond acceptors (Lipinski definition) is 6. The molecule has 3 heterocycles. The van der Waals surface area contributed by atoms with E-state index in [1.54, 1.807) is 29.3 Å². The molecule has 0 bridgehead atoms. The number of nitrogens with zero attached hydrogens (tertiary/aromatic N) is 6. The Balaban J connectivity index is 1.35. The molecule has 1 N–H and O–H groups in total. The maximum atomic E-state index is 12.3. The zero-order valence-electron chi connectivity index (χ0n) is 15.0. The van der Waals surface area contributed by atoms with Crippen LogP contribution in [-0.4, -0.2) is 63.3 Å². The SMILES string of the molecule is Cn1ncc2c(N3CCN(CC(=O)Nc4cccc(Cl)c4)CC3)ncnc21. The van der Waals surface area contributed by atoms with Crippen molar-refractivity contribution in [2.45, 2.75) is 0 Å². The second kappa shape index (κ2) is 7.50. The molecular formula is C18H20ClN7O. The van der Waals surface area contributed by atoms with Gasteiger partial charge in [-0.25, -0.2) is 9.97 Å². The van der Waals surface area contributed by atoms with Gasteiger partial charge in [-0.1, -0.05) is 17.7 Å². The van der Waals surface area contributed by atoms with E-state index in [1.165, 1.54) is 0 Å². The lowest BCUT2D eigenvalue weighted by Crippen LogP contribution is -2.49. The van der Waals surface area contributed by atoms with Crippen molar-refractivity contribution in [3.05, 3.63) is 41.8 Å². The van der Waals surface area contributed by atoms with Crippen LogP contribution in [0.15, 0.2) is 36.8 Å². The van der Waals surface area contributed by atoms with E-state index in [2.05, 4.69) is 30.2 Å². The minimum absolute atomic E-state index is 0.0394. The van der Waals surface area contributed by atoms with Crippen molar-refractivity contribution in [3.63, 3.8) is 0 Å². The highest BCUT2D eigenvalue weighted by Crippen LogP contribution is 2.23. The topological polar surface area (TPSA) is 79.2 Å². The third-order valence-corrected chi connectivity index (χ3v) is 4.89. The molecule has 0 atom stereocenters. The van der Waals surface area contributed by atoms with Gasteiger partial charge in [0.2, 0.25) is 5.91 Å². The smallest absolute Gasteiger partial charge is 0.238 e. The van der Waals surface area contributed by atoms with Crippen LogP contribution >= 0.6 is 11.6 Å². The number of aryl methyl sites for hydroxylation is 1. The number of nitrogens with one attached hydrogen (secondary N) is 1. The number of halogens is 1. The number of rotatable bonds is 4. The molecule has 4 rings (SSSR count). The van der Waals surface area contributed by atoms with Crippen LogP contribution in [0.25, 0.3) is 11.0 Å². The van der Waals surface area contributed by atoms with Crippen molar-refractivity contribution in [1.29, 1.82) is 0 Å². The summed E-state index contributed by atoms with van der Waals surface area (Å²) < 4.78 is 1.75. The molecule has 0 unspecified atom stereocenters. The fraction of sp³-hybridized carbons (Fsp3) is 0.333. The van der Waals surface area contributed by atoms with Gasteiger partial charge in [0.15, 0.2) is 5.65 Å². The van der Waals surface area contributed by atoms with Crippen LogP contribution in [0.3, 0.4) is 0 Å². The third kappa shape index (κ3) is 3.86. The number of aromatic nitrogens is 4. The van der Waals surface area contributed by atoms with Crippen LogP contribution in [0.2, 0.25) is 5.02 Å². The van der Waals surface area contributed by atoms with Gasteiger partial charge in [0.25, 0.3) is 0 Å². The van der Waals surface area contributed by atoms with E-state index in [0.717, 1.165) is 43.0 Å². The molecule has 1 aliphatic heterocycles. The Morgan fingerprint density at radius 1 is 1.22 bits per heavy atom. The molecule has 9 heteroatoms. The molecule has 8 nitrogen and oxygen atoms in total. The maximum absolute atomic E-state index is 12.3. The Labute approximate surface area is 161 Å². The quantitative estimate of drug-likeness (QED) is 0.737. The van der Waals surface area contributed by atoms with E-state index in [4.69, 9.17) is 11.6 Å². The van der Waals surface area contributed by atoms with Crippen LogP contribution < -0.4 is 10.2 Å². The molecule has 1 aromatic carbocycles. The number of benzene rings is 1. The summed E-state index contributed by atoms with van der Waals surface area (Å²) in [5, 5.41) is 8.71. The van der Waals surface area contributed by atoms with Gasteiger partial charge in [-0.05, 0) is 18.2 Å². The number of amides is 1. The molecule has 1 saturated heterocycles. The lowest BCUT2D eigenvalue weighted by atomic mass is 10.2. The van der Waals surface area contributed by atoms with Gasteiger partial charge in [0.05, 0.1) is 18.1 Å². The first-order valence-corrected chi connectivity index (χ1v) is 9.13. The van der Waals surface area contributed by atoms with Crippen LogP contribution in [-0.2, 0) is 11.8 Å². The molecule has 0 aliphatic carbocycles. The van der Waals surface area contributed by atoms with Crippen molar-refractivity contribution >= 4 is 40.0 Å². The van der Waals surface area contributed by atoms with E-state index in [9.17, 15) is 4.79 Å². The Morgan fingerprint density at radius 2 is 2.04 bits per heavy atom. The average Bonchev–Trinajstić information content (AvgIpc) is 3.04. The molecule has 0 spiro atoms. The average molecular weight is 386 g/mol. The maximum Gasteiger partial charge on any atom is 0.238 e. The van der Waals surface area contributed by atoms with E-state index in [-0.39, 0.29) is 5.91 Å². The molecule has 3 aromatic rings. The highest BCUT2D eigenvalue weighted by molar-refractivity contribution is 6.30.